The zero-order chi connectivity index (χ0) is 18.9. The minimum Gasteiger partial charge on any atom is -0.371 e. The van der Waals surface area contributed by atoms with Gasteiger partial charge in [-0.2, -0.15) is 13.2 Å². The SMILES string of the molecule is O=C1Nc2ccc(C(F)(F)F)cc2NC1CS(=O)(=O)Cc1ccccc1. The van der Waals surface area contributed by atoms with E-state index in [4.69, 9.17) is 0 Å². The number of carbonyl (C=O) groups is 1. The fourth-order valence-electron chi connectivity index (χ4n) is 2.68. The van der Waals surface area contributed by atoms with Gasteiger partial charge in [-0.3, -0.25) is 4.79 Å². The van der Waals surface area contributed by atoms with Crippen molar-refractivity contribution in [2.45, 2.75) is 18.0 Å². The molecule has 0 aromatic heterocycles. The summed E-state index contributed by atoms with van der Waals surface area (Å²) < 4.78 is 63.2. The van der Waals surface area contributed by atoms with Crippen LogP contribution in [0.15, 0.2) is 48.5 Å². The second kappa shape index (κ2) is 6.64. The van der Waals surface area contributed by atoms with E-state index in [1.165, 1.54) is 0 Å². The highest BCUT2D eigenvalue weighted by Gasteiger charge is 2.34. The normalized spacial score (nSPS) is 17.2. The van der Waals surface area contributed by atoms with Crippen molar-refractivity contribution in [3.05, 3.63) is 59.7 Å². The van der Waals surface area contributed by atoms with Crippen molar-refractivity contribution < 1.29 is 26.4 Å². The molecule has 1 unspecified atom stereocenters. The lowest BCUT2D eigenvalue weighted by molar-refractivity contribution is -0.137. The third kappa shape index (κ3) is 4.16. The van der Waals surface area contributed by atoms with Gasteiger partial charge in [-0.25, -0.2) is 8.42 Å². The standard InChI is InChI=1S/C17H15F3N2O3S/c18-17(19,20)12-6-7-13-14(8-12)21-15(16(23)22-13)10-26(24,25)9-11-4-2-1-3-5-11/h1-8,15,21H,9-10H2,(H,22,23). The molecule has 0 bridgehead atoms. The van der Waals surface area contributed by atoms with E-state index in [0.29, 0.717) is 5.56 Å². The van der Waals surface area contributed by atoms with Crippen molar-refractivity contribution >= 4 is 27.1 Å². The van der Waals surface area contributed by atoms with Crippen LogP contribution in [0.5, 0.6) is 0 Å². The van der Waals surface area contributed by atoms with Crippen molar-refractivity contribution in [1.29, 1.82) is 0 Å². The summed E-state index contributed by atoms with van der Waals surface area (Å²) in [5.41, 5.74) is -0.0895. The Kier molecular flexibility index (Phi) is 4.66. The van der Waals surface area contributed by atoms with Gasteiger partial charge in [-0.1, -0.05) is 30.3 Å². The van der Waals surface area contributed by atoms with Crippen LogP contribution in [0.2, 0.25) is 0 Å². The number of hydrogen-bond acceptors (Lipinski definition) is 4. The van der Waals surface area contributed by atoms with Gasteiger partial charge in [0.15, 0.2) is 9.84 Å². The van der Waals surface area contributed by atoms with Crippen LogP contribution in [-0.2, 0) is 26.6 Å². The summed E-state index contributed by atoms with van der Waals surface area (Å²) in [5.74, 6) is -1.38. The Bertz CT molecular complexity index is 928. The molecule has 1 aliphatic rings. The molecular formula is C17H15F3N2O3S. The van der Waals surface area contributed by atoms with E-state index < -0.39 is 39.3 Å². The third-order valence-corrected chi connectivity index (χ3v) is 5.52. The first kappa shape index (κ1) is 18.2. The predicted octanol–water partition coefficient (Wildman–Crippen LogP) is 3.05. The Morgan fingerprint density at radius 2 is 1.69 bits per heavy atom. The summed E-state index contributed by atoms with van der Waals surface area (Å²) in [5, 5.41) is 5.05. The molecule has 0 fully saturated rings. The minimum atomic E-state index is -4.53. The number of rotatable bonds is 4. The largest absolute Gasteiger partial charge is 0.416 e. The summed E-state index contributed by atoms with van der Waals surface area (Å²) in [6.45, 7) is 0. The molecule has 1 atom stereocenters. The molecule has 2 aromatic rings. The Morgan fingerprint density at radius 3 is 2.35 bits per heavy atom. The first-order valence-corrected chi connectivity index (χ1v) is 9.49. The zero-order valence-electron chi connectivity index (χ0n) is 13.4. The average Bonchev–Trinajstić information content (AvgIpc) is 2.54. The molecule has 138 valence electrons. The molecule has 1 aliphatic heterocycles. The van der Waals surface area contributed by atoms with E-state index >= 15 is 0 Å². The van der Waals surface area contributed by atoms with Crippen LogP contribution in [0, 0.1) is 0 Å². The topological polar surface area (TPSA) is 75.3 Å². The summed E-state index contributed by atoms with van der Waals surface area (Å²) in [6, 6.07) is 10.1. The molecule has 5 nitrogen and oxygen atoms in total. The molecule has 3 rings (SSSR count). The van der Waals surface area contributed by atoms with Crippen LogP contribution in [0.25, 0.3) is 0 Å². The quantitative estimate of drug-likeness (QED) is 0.850. The van der Waals surface area contributed by atoms with E-state index in [0.717, 1.165) is 18.2 Å². The summed E-state index contributed by atoms with van der Waals surface area (Å²) >= 11 is 0. The number of nitrogens with one attached hydrogen (secondary N) is 2. The minimum absolute atomic E-state index is 0.0411. The Labute approximate surface area is 148 Å². The number of amides is 1. The number of hydrogen-bond donors (Lipinski definition) is 2. The predicted molar refractivity (Wildman–Crippen MR) is 91.4 cm³/mol. The molecule has 0 radical (unpaired) electrons. The maximum Gasteiger partial charge on any atom is 0.416 e. The van der Waals surface area contributed by atoms with Gasteiger partial charge in [0.1, 0.15) is 6.04 Å². The first-order valence-electron chi connectivity index (χ1n) is 7.67. The highest BCUT2D eigenvalue weighted by Crippen LogP contribution is 2.35. The number of fused-ring (bicyclic) bond motifs is 1. The summed E-state index contributed by atoms with van der Waals surface area (Å²) in [7, 11) is -3.65. The van der Waals surface area contributed by atoms with Crippen molar-refractivity contribution in [3.8, 4) is 0 Å². The van der Waals surface area contributed by atoms with Crippen LogP contribution in [-0.4, -0.2) is 26.1 Å². The molecule has 1 heterocycles. The van der Waals surface area contributed by atoms with E-state index in [9.17, 15) is 26.4 Å². The van der Waals surface area contributed by atoms with Gasteiger partial charge in [0, 0.05) is 0 Å². The smallest absolute Gasteiger partial charge is 0.371 e. The number of alkyl halides is 3. The Morgan fingerprint density at radius 1 is 1.00 bits per heavy atom. The van der Waals surface area contributed by atoms with Gasteiger partial charge in [0.05, 0.1) is 28.4 Å². The second-order valence-corrected chi connectivity index (χ2v) is 8.09. The lowest BCUT2D eigenvalue weighted by Gasteiger charge is -2.27. The second-order valence-electron chi connectivity index (χ2n) is 5.98. The monoisotopic (exact) mass is 384 g/mol. The van der Waals surface area contributed by atoms with Gasteiger partial charge in [0.2, 0.25) is 5.91 Å². The highest BCUT2D eigenvalue weighted by atomic mass is 32.2. The lowest BCUT2D eigenvalue weighted by Crippen LogP contribution is -2.43. The van der Waals surface area contributed by atoms with Gasteiger partial charge in [-0.15, -0.1) is 0 Å². The van der Waals surface area contributed by atoms with Crippen molar-refractivity contribution in [2.24, 2.45) is 0 Å². The molecule has 0 spiro atoms. The molecule has 9 heteroatoms. The van der Waals surface area contributed by atoms with Gasteiger partial charge in [-0.05, 0) is 23.8 Å². The molecule has 2 N–H and O–H groups in total. The molecule has 0 aliphatic carbocycles. The Hall–Kier alpha value is -2.55. The van der Waals surface area contributed by atoms with Gasteiger partial charge in [0.25, 0.3) is 0 Å². The molecular weight excluding hydrogens is 369 g/mol. The number of benzene rings is 2. The van der Waals surface area contributed by atoms with Gasteiger partial charge >= 0.3 is 6.18 Å². The van der Waals surface area contributed by atoms with E-state index in [1.54, 1.807) is 30.3 Å². The molecule has 0 saturated carbocycles. The van der Waals surface area contributed by atoms with Crippen LogP contribution >= 0.6 is 0 Å². The van der Waals surface area contributed by atoms with Crippen LogP contribution in [0.4, 0.5) is 24.5 Å². The number of carbonyl (C=O) groups excluding carboxylic acids is 1. The number of halogens is 3. The van der Waals surface area contributed by atoms with E-state index in [-0.39, 0.29) is 17.1 Å². The third-order valence-electron chi connectivity index (χ3n) is 3.90. The zero-order valence-corrected chi connectivity index (χ0v) is 14.2. The first-order chi connectivity index (χ1) is 12.1. The lowest BCUT2D eigenvalue weighted by atomic mass is 10.1. The van der Waals surface area contributed by atoms with E-state index in [1.807, 2.05) is 0 Å². The maximum atomic E-state index is 12.8. The average molecular weight is 384 g/mol. The van der Waals surface area contributed by atoms with Crippen molar-refractivity contribution in [3.63, 3.8) is 0 Å². The fraction of sp³-hybridized carbons (Fsp3) is 0.235. The van der Waals surface area contributed by atoms with Crippen LogP contribution < -0.4 is 10.6 Å². The summed E-state index contributed by atoms with van der Waals surface area (Å²) in [4.78, 5) is 12.1. The highest BCUT2D eigenvalue weighted by molar-refractivity contribution is 7.90. The van der Waals surface area contributed by atoms with Crippen molar-refractivity contribution in [2.75, 3.05) is 16.4 Å². The molecule has 0 saturated heterocycles. The number of sulfone groups is 1. The number of anilines is 2. The molecule has 26 heavy (non-hydrogen) atoms. The maximum absolute atomic E-state index is 12.8. The van der Waals surface area contributed by atoms with Gasteiger partial charge < -0.3 is 10.6 Å². The van der Waals surface area contributed by atoms with Crippen LogP contribution in [0.3, 0.4) is 0 Å². The fourth-order valence-corrected chi connectivity index (χ4v) is 4.24. The van der Waals surface area contributed by atoms with Crippen molar-refractivity contribution in [1.82, 2.24) is 0 Å². The Balaban J connectivity index is 1.79. The van der Waals surface area contributed by atoms with Crippen LogP contribution in [0.1, 0.15) is 11.1 Å². The summed E-state index contributed by atoms with van der Waals surface area (Å²) in [6.07, 6.45) is -4.53. The molecule has 2 aromatic carbocycles. The molecule has 1 amide bonds. The van der Waals surface area contributed by atoms with E-state index in [2.05, 4.69) is 10.6 Å².